The molecular formula is C51H64N4O13. The Morgan fingerprint density at radius 3 is 2.06 bits per heavy atom. The molecule has 0 bridgehead atoms. The molecule has 4 amide bonds. The summed E-state index contributed by atoms with van der Waals surface area (Å²) < 4.78 is 27.8. The van der Waals surface area contributed by atoms with Crippen molar-refractivity contribution in [1.82, 2.24) is 21.0 Å². The zero-order valence-electron chi connectivity index (χ0n) is 39.7. The van der Waals surface area contributed by atoms with Crippen LogP contribution in [0.5, 0.6) is 5.75 Å². The van der Waals surface area contributed by atoms with Crippen molar-refractivity contribution in [1.29, 1.82) is 0 Å². The van der Waals surface area contributed by atoms with E-state index in [1.165, 1.54) is 12.1 Å². The molecule has 366 valence electrons. The lowest BCUT2D eigenvalue weighted by atomic mass is 9.90. The second-order valence-electron chi connectivity index (χ2n) is 16.8. The normalized spacial score (nSPS) is 12.4. The van der Waals surface area contributed by atoms with Crippen LogP contribution in [0.15, 0.2) is 95.4 Å². The number of unbranched alkanes of at least 4 members (excludes halogenated alkanes) is 3. The van der Waals surface area contributed by atoms with Gasteiger partial charge in [-0.3, -0.25) is 28.8 Å². The van der Waals surface area contributed by atoms with Gasteiger partial charge in [0, 0.05) is 5.56 Å². The predicted octanol–water partition coefficient (Wildman–Crippen LogP) is 7.43. The lowest BCUT2D eigenvalue weighted by Gasteiger charge is -2.32. The number of carbonyl (C=O) groups excluding carboxylic acids is 7. The van der Waals surface area contributed by atoms with Crippen molar-refractivity contribution in [3.05, 3.63) is 113 Å². The van der Waals surface area contributed by atoms with Crippen molar-refractivity contribution < 1.29 is 61.8 Å². The minimum atomic E-state index is -1.40. The van der Waals surface area contributed by atoms with Crippen LogP contribution in [-0.2, 0) is 56.2 Å². The van der Waals surface area contributed by atoms with Crippen molar-refractivity contribution in [2.24, 2.45) is 11.3 Å². The summed E-state index contributed by atoms with van der Waals surface area (Å²) in [4.78, 5) is 96.9. The van der Waals surface area contributed by atoms with Crippen LogP contribution < -0.4 is 20.7 Å². The van der Waals surface area contributed by atoms with Crippen molar-refractivity contribution in [2.45, 2.75) is 112 Å². The number of furan rings is 1. The Morgan fingerprint density at radius 2 is 1.44 bits per heavy atom. The number of nitrogens with zero attached hydrogens (tertiary/aromatic N) is 1. The molecule has 0 fully saturated rings. The molecule has 0 saturated heterocycles. The highest BCUT2D eigenvalue weighted by Gasteiger charge is 2.33. The van der Waals surface area contributed by atoms with Gasteiger partial charge in [-0.1, -0.05) is 106 Å². The molecule has 0 radical (unpaired) electrons. The monoisotopic (exact) mass is 940 g/mol. The van der Waals surface area contributed by atoms with Crippen molar-refractivity contribution in [2.75, 3.05) is 20.1 Å². The number of rotatable bonds is 28. The highest BCUT2D eigenvalue weighted by molar-refractivity contribution is 6.00. The number of ether oxygens (including phenoxy) is 4. The van der Waals surface area contributed by atoms with E-state index >= 15 is 0 Å². The molecule has 0 unspecified atom stereocenters. The Balaban J connectivity index is 1.42. The third kappa shape index (κ3) is 17.0. The van der Waals surface area contributed by atoms with E-state index in [2.05, 4.69) is 22.9 Å². The second kappa shape index (κ2) is 27.6. The fourth-order valence-corrected chi connectivity index (χ4v) is 6.90. The van der Waals surface area contributed by atoms with Gasteiger partial charge in [0.2, 0.25) is 19.1 Å². The summed E-state index contributed by atoms with van der Waals surface area (Å²) in [5.74, 6) is -4.23. The molecule has 0 spiro atoms. The Labute approximate surface area is 397 Å². The van der Waals surface area contributed by atoms with Crippen molar-refractivity contribution >= 4 is 42.0 Å². The number of hydroxylamine groups is 2. The maximum absolute atomic E-state index is 13.8. The predicted molar refractivity (Wildman–Crippen MR) is 250 cm³/mol. The first kappa shape index (κ1) is 53.6. The van der Waals surface area contributed by atoms with E-state index in [1.54, 1.807) is 94.4 Å². The fourth-order valence-electron chi connectivity index (χ4n) is 6.90. The first-order valence-electron chi connectivity index (χ1n) is 22.9. The highest BCUT2D eigenvalue weighted by Crippen LogP contribution is 2.30. The van der Waals surface area contributed by atoms with Gasteiger partial charge < -0.3 is 39.3 Å². The summed E-state index contributed by atoms with van der Waals surface area (Å²) in [7, 11) is 0. The van der Waals surface area contributed by atoms with Gasteiger partial charge in [-0.05, 0) is 75.9 Å². The standard InChI is InChI=1S/C51H64N4O13/c1-7-10-11-18-23-38(41(8-2)55(33-56)67-34-66-50(62)51(4,5)6)46(58)52-32-53-48(60)43-27-26-42(68-43)37-24-25-39(44(28-37)63-9-3)47(59)54-40(49(61)65-31-36-21-16-13-17-22-36)29-45(57)64-30-35-19-14-12-15-20-35/h12-17,19-22,24-28,33,38,40-41H,7-11,18,23,29-32,34H2,1-6H3,(H,52,58)(H,53,60)(H,54,59)/t38-,40+,41-/m1/s1. The third-order valence-electron chi connectivity index (χ3n) is 10.6. The average molecular weight is 941 g/mol. The number of carbonyl (C=O) groups is 7. The minimum absolute atomic E-state index is 0.0267. The maximum Gasteiger partial charge on any atom is 0.329 e. The van der Waals surface area contributed by atoms with Crippen LogP contribution in [0.4, 0.5) is 0 Å². The molecule has 0 aliphatic carbocycles. The molecule has 4 aromatic rings. The quantitative estimate of drug-likeness (QED) is 0.0126. The minimum Gasteiger partial charge on any atom is -0.493 e. The third-order valence-corrected chi connectivity index (χ3v) is 10.6. The van der Waals surface area contributed by atoms with Crippen LogP contribution >= 0.6 is 0 Å². The van der Waals surface area contributed by atoms with Crippen LogP contribution in [-0.4, -0.2) is 79.3 Å². The van der Waals surface area contributed by atoms with Crippen LogP contribution in [0.1, 0.15) is 119 Å². The van der Waals surface area contributed by atoms with Crippen LogP contribution in [0.2, 0.25) is 0 Å². The molecule has 68 heavy (non-hydrogen) atoms. The topological polar surface area (TPSA) is 218 Å². The Bertz CT molecular complexity index is 2260. The van der Waals surface area contributed by atoms with Gasteiger partial charge in [-0.15, -0.1) is 0 Å². The molecular weight excluding hydrogens is 877 g/mol. The zero-order valence-corrected chi connectivity index (χ0v) is 39.7. The SMILES string of the molecule is CCCCCC[C@@H](C(=O)NCNC(=O)c1ccc(-c2ccc(C(=O)N[C@@H](CC(=O)OCc3ccccc3)C(=O)OCc3ccccc3)c(OCC)c2)o1)[C@@H](CC)N(C=O)OCOC(=O)C(C)(C)C. The number of hydrogen-bond donors (Lipinski definition) is 3. The van der Waals surface area contributed by atoms with Gasteiger partial charge in [0.1, 0.15) is 30.8 Å². The Morgan fingerprint density at radius 1 is 0.765 bits per heavy atom. The van der Waals surface area contributed by atoms with E-state index in [-0.39, 0.29) is 49.3 Å². The summed E-state index contributed by atoms with van der Waals surface area (Å²) in [6, 6.07) is 23.5. The first-order valence-corrected chi connectivity index (χ1v) is 22.9. The molecule has 1 heterocycles. The molecule has 0 aliphatic heterocycles. The maximum atomic E-state index is 13.8. The number of esters is 3. The molecule has 0 aliphatic rings. The van der Waals surface area contributed by atoms with E-state index in [9.17, 15) is 33.6 Å². The first-order chi connectivity index (χ1) is 32.7. The van der Waals surface area contributed by atoms with E-state index in [0.717, 1.165) is 29.9 Å². The van der Waals surface area contributed by atoms with E-state index in [0.29, 0.717) is 36.8 Å². The van der Waals surface area contributed by atoms with Gasteiger partial charge in [-0.2, -0.15) is 0 Å². The Hall–Kier alpha value is -7.01. The molecule has 3 aromatic carbocycles. The lowest BCUT2D eigenvalue weighted by Crippen LogP contribution is -2.48. The summed E-state index contributed by atoms with van der Waals surface area (Å²) in [6.07, 6.45) is 4.29. The van der Waals surface area contributed by atoms with Crippen molar-refractivity contribution in [3.63, 3.8) is 0 Å². The number of benzene rings is 3. The van der Waals surface area contributed by atoms with Crippen LogP contribution in [0.3, 0.4) is 0 Å². The highest BCUT2D eigenvalue weighted by atomic mass is 16.8. The molecule has 3 atom stereocenters. The largest absolute Gasteiger partial charge is 0.493 e. The molecule has 1 aromatic heterocycles. The van der Waals surface area contributed by atoms with E-state index in [4.69, 9.17) is 28.2 Å². The lowest BCUT2D eigenvalue weighted by molar-refractivity contribution is -0.236. The van der Waals surface area contributed by atoms with E-state index < -0.39 is 72.3 Å². The number of amides is 4. The molecule has 4 rings (SSSR count). The summed E-state index contributed by atoms with van der Waals surface area (Å²) in [5.41, 5.74) is 1.19. The van der Waals surface area contributed by atoms with Crippen molar-refractivity contribution in [3.8, 4) is 17.1 Å². The molecule has 17 nitrogen and oxygen atoms in total. The van der Waals surface area contributed by atoms with Gasteiger partial charge in [-0.25, -0.2) is 14.7 Å². The van der Waals surface area contributed by atoms with Gasteiger partial charge in [0.05, 0.1) is 42.6 Å². The molecule has 3 N–H and O–H groups in total. The molecule has 17 heteroatoms. The summed E-state index contributed by atoms with van der Waals surface area (Å²) in [5, 5.41) is 9.00. The second-order valence-corrected chi connectivity index (χ2v) is 16.8. The smallest absolute Gasteiger partial charge is 0.329 e. The van der Waals surface area contributed by atoms with Gasteiger partial charge in [0.25, 0.3) is 11.8 Å². The Kier molecular flexibility index (Phi) is 21.7. The van der Waals surface area contributed by atoms with Crippen LogP contribution in [0, 0.1) is 11.3 Å². The fraction of sp³-hybridized carbons (Fsp3) is 0.431. The molecule has 0 saturated carbocycles. The zero-order chi connectivity index (χ0) is 49.5. The summed E-state index contributed by atoms with van der Waals surface area (Å²) in [6.45, 7) is 9.97. The number of nitrogens with one attached hydrogen (secondary N) is 3. The van der Waals surface area contributed by atoms with E-state index in [1.807, 2.05) is 19.1 Å². The van der Waals surface area contributed by atoms with Gasteiger partial charge in [0.15, 0.2) is 5.76 Å². The summed E-state index contributed by atoms with van der Waals surface area (Å²) >= 11 is 0. The average Bonchev–Trinajstić information content (AvgIpc) is 3.84. The number of hydrogen-bond acceptors (Lipinski definition) is 13. The van der Waals surface area contributed by atoms with Crippen LogP contribution in [0.25, 0.3) is 11.3 Å². The van der Waals surface area contributed by atoms with Gasteiger partial charge >= 0.3 is 17.9 Å².